The van der Waals surface area contributed by atoms with Crippen molar-refractivity contribution in [1.82, 2.24) is 0 Å². The molecule has 1 spiro atoms. The summed E-state index contributed by atoms with van der Waals surface area (Å²) >= 11 is 0. The Morgan fingerprint density at radius 3 is 2.39 bits per heavy atom. The molecule has 0 amide bonds. The summed E-state index contributed by atoms with van der Waals surface area (Å²) in [6.07, 6.45) is 5.91. The lowest BCUT2D eigenvalue weighted by Crippen LogP contribution is -2.69. The third-order valence-corrected chi connectivity index (χ3v) is 13.1. The fourth-order valence-electron chi connectivity index (χ4n) is 5.84. The largest absolute Gasteiger partial charge is 0.463 e. The Hall–Kier alpha value is -0.693. The normalized spacial score (nSPS) is 36.3. The summed E-state index contributed by atoms with van der Waals surface area (Å²) in [5.41, 5.74) is 0.343. The summed E-state index contributed by atoms with van der Waals surface area (Å²) in [4.78, 5) is 12.9. The van der Waals surface area contributed by atoms with Gasteiger partial charge in [0.15, 0.2) is 14.1 Å². The molecular weight excluding hydrogens is 408 g/mol. The molecule has 0 aromatic carbocycles. The lowest BCUT2D eigenvalue weighted by atomic mass is 9.50. The molecule has 0 aromatic heterocycles. The van der Waals surface area contributed by atoms with E-state index in [-0.39, 0.29) is 22.3 Å². The Bertz CT molecular complexity index is 754. The number of carbonyl (C=O) groups excluding carboxylic acids is 1. The molecule has 3 aliphatic carbocycles. The summed E-state index contributed by atoms with van der Waals surface area (Å²) in [6.45, 7) is 19.6. The molecule has 4 atom stereocenters. The van der Waals surface area contributed by atoms with Crippen LogP contribution in [0.15, 0.2) is 11.6 Å². The number of carbonyl (C=O) groups is 1. The average molecular weight is 451 g/mol. The van der Waals surface area contributed by atoms with Gasteiger partial charge in [0.05, 0.1) is 31.0 Å². The second kappa shape index (κ2) is 7.41. The molecule has 6 heteroatoms. The fourth-order valence-corrected chi connectivity index (χ4v) is 7.42. The molecule has 2 bridgehead atoms. The van der Waals surface area contributed by atoms with Crippen LogP contribution in [0.3, 0.4) is 0 Å². The van der Waals surface area contributed by atoms with Crippen molar-refractivity contribution < 1.29 is 23.4 Å². The third kappa shape index (κ3) is 3.66. The number of rotatable bonds is 4. The molecule has 1 aliphatic heterocycles. The van der Waals surface area contributed by atoms with Gasteiger partial charge in [-0.05, 0) is 50.2 Å². The van der Waals surface area contributed by atoms with Crippen LogP contribution >= 0.6 is 0 Å². The molecule has 2 unspecified atom stereocenters. The first-order chi connectivity index (χ1) is 14.3. The Labute approximate surface area is 189 Å². The quantitative estimate of drug-likeness (QED) is 0.421. The third-order valence-electron chi connectivity index (χ3n) is 8.66. The highest BCUT2D eigenvalue weighted by Crippen LogP contribution is 2.64. The summed E-state index contributed by atoms with van der Waals surface area (Å²) in [7, 11) is -2.10. The highest BCUT2D eigenvalue weighted by molar-refractivity contribution is 6.74. The van der Waals surface area contributed by atoms with Gasteiger partial charge in [-0.1, -0.05) is 40.7 Å². The smallest absolute Gasteiger partial charge is 0.336 e. The van der Waals surface area contributed by atoms with Crippen molar-refractivity contribution in [2.45, 2.75) is 96.7 Å². The van der Waals surface area contributed by atoms with Crippen molar-refractivity contribution in [2.75, 3.05) is 19.8 Å². The minimum Gasteiger partial charge on any atom is -0.463 e. The molecule has 1 heterocycles. The van der Waals surface area contributed by atoms with Crippen LogP contribution < -0.4 is 0 Å². The van der Waals surface area contributed by atoms with Gasteiger partial charge in [0, 0.05) is 23.7 Å². The van der Waals surface area contributed by atoms with E-state index in [0.29, 0.717) is 18.4 Å². The van der Waals surface area contributed by atoms with E-state index in [9.17, 15) is 4.79 Å². The second-order valence-electron chi connectivity index (χ2n) is 12.5. The molecule has 0 N–H and O–H groups in total. The topological polar surface area (TPSA) is 54.0 Å². The molecular formula is C25H42O5Si. The van der Waals surface area contributed by atoms with E-state index in [2.05, 4.69) is 53.8 Å². The van der Waals surface area contributed by atoms with Crippen molar-refractivity contribution in [2.24, 2.45) is 23.2 Å². The van der Waals surface area contributed by atoms with E-state index in [1.54, 1.807) is 0 Å². The van der Waals surface area contributed by atoms with Crippen LogP contribution in [0.1, 0.15) is 67.2 Å². The van der Waals surface area contributed by atoms with Gasteiger partial charge in [-0.3, -0.25) is 0 Å². The first-order valence-corrected chi connectivity index (χ1v) is 15.0. The molecule has 0 radical (unpaired) electrons. The molecule has 4 rings (SSSR count). The highest BCUT2D eigenvalue weighted by atomic mass is 28.4. The second-order valence-corrected chi connectivity index (χ2v) is 17.2. The van der Waals surface area contributed by atoms with E-state index in [1.807, 2.05) is 6.92 Å². The molecule has 1 saturated heterocycles. The maximum atomic E-state index is 12.9. The lowest BCUT2D eigenvalue weighted by Gasteiger charge is -2.64. The molecule has 5 nitrogen and oxygen atoms in total. The van der Waals surface area contributed by atoms with E-state index in [1.165, 1.54) is 0 Å². The van der Waals surface area contributed by atoms with Crippen molar-refractivity contribution >= 4 is 14.3 Å². The Kier molecular flexibility index (Phi) is 5.61. The Morgan fingerprint density at radius 1 is 1.16 bits per heavy atom. The predicted molar refractivity (Wildman–Crippen MR) is 123 cm³/mol. The van der Waals surface area contributed by atoms with Gasteiger partial charge in [-0.25, -0.2) is 4.79 Å². The van der Waals surface area contributed by atoms with Crippen LogP contribution in [0.25, 0.3) is 0 Å². The lowest BCUT2D eigenvalue weighted by molar-refractivity contribution is -0.348. The maximum absolute atomic E-state index is 12.9. The minimum absolute atomic E-state index is 0.0689. The number of hydrogen-bond acceptors (Lipinski definition) is 5. The SMILES string of the molecule is CCOC(=O)C1=C[C@@H]2CC3CC(CCC34OCC(C)(C)CO4)[C@]12O[Si](C)(C)C(C)(C)C. The monoisotopic (exact) mass is 450 g/mol. The zero-order valence-corrected chi connectivity index (χ0v) is 21.8. The molecule has 176 valence electrons. The summed E-state index contributed by atoms with van der Waals surface area (Å²) in [5.74, 6) is 0.237. The van der Waals surface area contributed by atoms with Crippen molar-refractivity contribution in [1.29, 1.82) is 0 Å². The zero-order valence-electron chi connectivity index (χ0n) is 20.8. The Balaban J connectivity index is 1.65. The van der Waals surface area contributed by atoms with Crippen molar-refractivity contribution in [3.05, 3.63) is 11.6 Å². The van der Waals surface area contributed by atoms with Crippen LogP contribution in [0.2, 0.25) is 18.1 Å². The standard InChI is InChI=1S/C25H42O5Si/c1-9-27-21(26)20-14-19-13-18-12-17(25(19,20)30-31(7,8)22(2,3)4)10-11-24(18)28-15-23(5,6)16-29-24/h14,17-19H,9-13,15-16H2,1-8H3/t17?,18?,19-,25+/m0/s1. The van der Waals surface area contributed by atoms with Gasteiger partial charge in [0.25, 0.3) is 0 Å². The average Bonchev–Trinajstić information content (AvgIpc) is 2.65. The van der Waals surface area contributed by atoms with Gasteiger partial charge in [0.2, 0.25) is 0 Å². The first-order valence-electron chi connectivity index (χ1n) is 12.1. The molecule has 31 heavy (non-hydrogen) atoms. The molecule has 0 aromatic rings. The van der Waals surface area contributed by atoms with Crippen LogP contribution in [-0.4, -0.2) is 45.5 Å². The minimum atomic E-state index is -2.10. The highest BCUT2D eigenvalue weighted by Gasteiger charge is 2.67. The number of fused-ring (bicyclic) bond motifs is 5. The van der Waals surface area contributed by atoms with Gasteiger partial charge in [0.1, 0.15) is 0 Å². The van der Waals surface area contributed by atoms with Gasteiger partial charge in [-0.15, -0.1) is 0 Å². The van der Waals surface area contributed by atoms with Gasteiger partial charge < -0.3 is 18.6 Å². The Morgan fingerprint density at radius 2 is 1.81 bits per heavy atom. The van der Waals surface area contributed by atoms with Crippen LogP contribution in [0.4, 0.5) is 0 Å². The van der Waals surface area contributed by atoms with Crippen LogP contribution in [-0.2, 0) is 23.4 Å². The maximum Gasteiger partial charge on any atom is 0.336 e. The number of ether oxygens (including phenoxy) is 3. The van der Waals surface area contributed by atoms with Crippen molar-refractivity contribution in [3.8, 4) is 0 Å². The first kappa shape index (κ1) is 23.5. The number of hydrogen-bond donors (Lipinski definition) is 0. The van der Waals surface area contributed by atoms with E-state index in [0.717, 1.165) is 44.5 Å². The summed E-state index contributed by atoms with van der Waals surface area (Å²) in [5, 5.41) is 0.0789. The molecule has 2 saturated carbocycles. The van der Waals surface area contributed by atoms with Gasteiger partial charge in [-0.2, -0.15) is 0 Å². The zero-order chi connectivity index (χ0) is 22.9. The van der Waals surface area contributed by atoms with Gasteiger partial charge >= 0.3 is 5.97 Å². The summed E-state index contributed by atoms with van der Waals surface area (Å²) < 4.78 is 25.6. The molecule has 3 fully saturated rings. The van der Waals surface area contributed by atoms with Crippen LogP contribution in [0, 0.1) is 23.2 Å². The predicted octanol–water partition coefficient (Wildman–Crippen LogP) is 5.46. The van der Waals surface area contributed by atoms with E-state index >= 15 is 0 Å². The summed E-state index contributed by atoms with van der Waals surface area (Å²) in [6, 6.07) is 0. The van der Waals surface area contributed by atoms with E-state index in [4.69, 9.17) is 18.6 Å². The van der Waals surface area contributed by atoms with Crippen LogP contribution in [0.5, 0.6) is 0 Å². The molecule has 4 aliphatic rings. The van der Waals surface area contributed by atoms with Crippen molar-refractivity contribution in [3.63, 3.8) is 0 Å². The fraction of sp³-hybridized carbons (Fsp3) is 0.880. The number of esters is 1. The van der Waals surface area contributed by atoms with E-state index < -0.39 is 19.7 Å².